The van der Waals surface area contributed by atoms with Gasteiger partial charge in [-0.3, -0.25) is 14.4 Å². The van der Waals surface area contributed by atoms with Gasteiger partial charge in [0.2, 0.25) is 5.91 Å². The van der Waals surface area contributed by atoms with Gasteiger partial charge in [0.15, 0.2) is 0 Å². The van der Waals surface area contributed by atoms with Crippen molar-refractivity contribution in [2.75, 3.05) is 39.4 Å². The highest BCUT2D eigenvalue weighted by Crippen LogP contribution is 2.45. The first-order valence-corrected chi connectivity index (χ1v) is 9.23. The number of aryl methyl sites for hydroxylation is 1. The van der Waals surface area contributed by atoms with Gasteiger partial charge in [-0.2, -0.15) is 5.10 Å². The summed E-state index contributed by atoms with van der Waals surface area (Å²) in [6, 6.07) is 0. The summed E-state index contributed by atoms with van der Waals surface area (Å²) in [5, 5.41) is 4.27. The summed E-state index contributed by atoms with van der Waals surface area (Å²) in [5.74, 6) is 0.527. The number of nitrogens with zero attached hydrogens (tertiary/aromatic N) is 4. The van der Waals surface area contributed by atoms with Gasteiger partial charge in [0.1, 0.15) is 0 Å². The number of amides is 1. The summed E-state index contributed by atoms with van der Waals surface area (Å²) in [6.45, 7) is 6.27. The smallest absolute Gasteiger partial charge is 0.227 e. The van der Waals surface area contributed by atoms with E-state index in [1.807, 2.05) is 17.9 Å². The van der Waals surface area contributed by atoms with E-state index in [9.17, 15) is 4.79 Å². The van der Waals surface area contributed by atoms with Gasteiger partial charge in [-0.15, -0.1) is 0 Å². The van der Waals surface area contributed by atoms with E-state index in [4.69, 9.17) is 4.74 Å². The van der Waals surface area contributed by atoms with Crippen LogP contribution in [0.2, 0.25) is 0 Å². The predicted octanol–water partition coefficient (Wildman–Crippen LogP) is 1.27. The van der Waals surface area contributed by atoms with Crippen LogP contribution >= 0.6 is 0 Å². The maximum Gasteiger partial charge on any atom is 0.227 e. The lowest BCUT2D eigenvalue weighted by Gasteiger charge is -2.38. The molecule has 1 amide bonds. The Kier molecular flexibility index (Phi) is 4.35. The molecule has 3 saturated heterocycles. The number of hydrogen-bond acceptors (Lipinski definition) is 4. The van der Waals surface area contributed by atoms with Gasteiger partial charge in [0.05, 0.1) is 12.1 Å². The zero-order chi connectivity index (χ0) is 16.6. The third kappa shape index (κ3) is 2.97. The van der Waals surface area contributed by atoms with Crippen LogP contribution in [0, 0.1) is 11.3 Å². The molecule has 3 aliphatic heterocycles. The summed E-state index contributed by atoms with van der Waals surface area (Å²) in [6.07, 6.45) is 8.36. The molecule has 1 aromatic heterocycles. The molecule has 132 valence electrons. The van der Waals surface area contributed by atoms with E-state index in [-0.39, 0.29) is 11.3 Å². The standard InChI is InChI=1S/C18H28N4O2/c1-20-11-15(10-19-20)12-21-13-16(17(23)22-6-2-3-7-22)18(14-21)4-8-24-9-5-18/h10-11,16H,2-9,12-14H2,1H3/t16-/m0/s1. The second-order valence-corrected chi connectivity index (χ2v) is 7.75. The van der Waals surface area contributed by atoms with Gasteiger partial charge in [-0.05, 0) is 25.7 Å². The Hall–Kier alpha value is -1.40. The van der Waals surface area contributed by atoms with Crippen LogP contribution in [0.5, 0.6) is 0 Å². The Balaban J connectivity index is 1.52. The van der Waals surface area contributed by atoms with Crippen LogP contribution < -0.4 is 0 Å². The number of hydrogen-bond donors (Lipinski definition) is 0. The number of aromatic nitrogens is 2. The van der Waals surface area contributed by atoms with Gasteiger partial charge < -0.3 is 9.64 Å². The molecule has 1 atom stereocenters. The minimum absolute atomic E-state index is 0.111. The fraction of sp³-hybridized carbons (Fsp3) is 0.778. The molecule has 4 heterocycles. The van der Waals surface area contributed by atoms with Crippen LogP contribution in [0.15, 0.2) is 12.4 Å². The molecule has 0 aromatic carbocycles. The highest BCUT2D eigenvalue weighted by atomic mass is 16.5. The second kappa shape index (κ2) is 6.48. The largest absolute Gasteiger partial charge is 0.381 e. The first-order chi connectivity index (χ1) is 11.7. The van der Waals surface area contributed by atoms with Crippen LogP contribution in [-0.2, 0) is 23.1 Å². The molecule has 0 radical (unpaired) electrons. The Labute approximate surface area is 143 Å². The first kappa shape index (κ1) is 16.1. The third-order valence-electron chi connectivity index (χ3n) is 6.09. The van der Waals surface area contributed by atoms with Crippen LogP contribution in [0.3, 0.4) is 0 Å². The third-order valence-corrected chi connectivity index (χ3v) is 6.09. The van der Waals surface area contributed by atoms with Gasteiger partial charge >= 0.3 is 0 Å². The van der Waals surface area contributed by atoms with Crippen molar-refractivity contribution >= 4 is 5.91 Å². The van der Waals surface area contributed by atoms with Crippen molar-refractivity contribution in [1.82, 2.24) is 19.6 Å². The molecule has 0 aliphatic carbocycles. The molecule has 3 fully saturated rings. The predicted molar refractivity (Wildman–Crippen MR) is 90.3 cm³/mol. The maximum absolute atomic E-state index is 13.2. The lowest BCUT2D eigenvalue weighted by molar-refractivity contribution is -0.139. The Morgan fingerprint density at radius 3 is 2.75 bits per heavy atom. The fourth-order valence-electron chi connectivity index (χ4n) is 4.79. The molecule has 1 aromatic rings. The van der Waals surface area contributed by atoms with Crippen LogP contribution in [0.4, 0.5) is 0 Å². The average molecular weight is 332 g/mol. The average Bonchev–Trinajstić information content (AvgIpc) is 3.30. The highest BCUT2D eigenvalue weighted by molar-refractivity contribution is 5.80. The summed E-state index contributed by atoms with van der Waals surface area (Å²) in [7, 11) is 1.95. The minimum atomic E-state index is 0.111. The molecule has 0 bridgehead atoms. The topological polar surface area (TPSA) is 50.6 Å². The van der Waals surface area contributed by atoms with Gasteiger partial charge in [-0.1, -0.05) is 0 Å². The Morgan fingerprint density at radius 2 is 2.08 bits per heavy atom. The number of carbonyl (C=O) groups is 1. The number of rotatable bonds is 3. The molecule has 24 heavy (non-hydrogen) atoms. The lowest BCUT2D eigenvalue weighted by Crippen LogP contribution is -2.45. The van der Waals surface area contributed by atoms with Crippen LogP contribution in [-0.4, -0.2) is 64.9 Å². The van der Waals surface area contributed by atoms with E-state index in [1.54, 1.807) is 0 Å². The normalized spacial score (nSPS) is 27.2. The van der Waals surface area contributed by atoms with E-state index in [1.165, 1.54) is 5.56 Å². The van der Waals surface area contributed by atoms with Crippen molar-refractivity contribution < 1.29 is 9.53 Å². The summed E-state index contributed by atoms with van der Waals surface area (Å²) >= 11 is 0. The van der Waals surface area contributed by atoms with E-state index >= 15 is 0 Å². The fourth-order valence-corrected chi connectivity index (χ4v) is 4.79. The zero-order valence-corrected chi connectivity index (χ0v) is 14.6. The Bertz CT molecular complexity index is 588. The quantitative estimate of drug-likeness (QED) is 0.836. The molecular formula is C18H28N4O2. The molecular weight excluding hydrogens is 304 g/mol. The van der Waals surface area contributed by atoms with Crippen molar-refractivity contribution in [2.45, 2.75) is 32.2 Å². The maximum atomic E-state index is 13.2. The van der Waals surface area contributed by atoms with Crippen LogP contribution in [0.1, 0.15) is 31.2 Å². The summed E-state index contributed by atoms with van der Waals surface area (Å²) < 4.78 is 7.46. The molecule has 0 saturated carbocycles. The van der Waals surface area contributed by atoms with E-state index in [0.29, 0.717) is 5.91 Å². The number of ether oxygens (including phenoxy) is 1. The summed E-state index contributed by atoms with van der Waals surface area (Å²) in [5.41, 5.74) is 1.34. The van der Waals surface area contributed by atoms with Crippen molar-refractivity contribution in [2.24, 2.45) is 18.4 Å². The number of likely N-dealkylation sites (tertiary alicyclic amines) is 2. The van der Waals surface area contributed by atoms with Crippen LogP contribution in [0.25, 0.3) is 0 Å². The van der Waals surface area contributed by atoms with Crippen molar-refractivity contribution in [3.63, 3.8) is 0 Å². The minimum Gasteiger partial charge on any atom is -0.381 e. The molecule has 0 N–H and O–H groups in total. The molecule has 4 rings (SSSR count). The zero-order valence-electron chi connectivity index (χ0n) is 14.6. The molecule has 0 unspecified atom stereocenters. The SMILES string of the molecule is Cn1cc(CN2C[C@@H](C(=O)N3CCCC3)C3(CCOCC3)C2)cn1. The van der Waals surface area contributed by atoms with Crippen molar-refractivity contribution in [1.29, 1.82) is 0 Å². The highest BCUT2D eigenvalue weighted by Gasteiger charge is 2.51. The van der Waals surface area contributed by atoms with Gasteiger partial charge in [0.25, 0.3) is 0 Å². The lowest BCUT2D eigenvalue weighted by atomic mass is 9.71. The van der Waals surface area contributed by atoms with Gasteiger partial charge in [0, 0.05) is 70.2 Å². The monoisotopic (exact) mass is 332 g/mol. The second-order valence-electron chi connectivity index (χ2n) is 7.75. The van der Waals surface area contributed by atoms with E-state index in [0.717, 1.165) is 71.6 Å². The molecule has 1 spiro atoms. The molecule has 6 heteroatoms. The Morgan fingerprint density at radius 1 is 1.33 bits per heavy atom. The van der Waals surface area contributed by atoms with E-state index < -0.39 is 0 Å². The number of carbonyl (C=O) groups excluding carboxylic acids is 1. The molecule has 6 nitrogen and oxygen atoms in total. The van der Waals surface area contributed by atoms with Crippen molar-refractivity contribution in [3.05, 3.63) is 18.0 Å². The van der Waals surface area contributed by atoms with Gasteiger partial charge in [-0.25, -0.2) is 0 Å². The summed E-state index contributed by atoms with van der Waals surface area (Å²) in [4.78, 5) is 17.7. The van der Waals surface area contributed by atoms with Crippen molar-refractivity contribution in [3.8, 4) is 0 Å². The molecule has 3 aliphatic rings. The van der Waals surface area contributed by atoms with E-state index in [2.05, 4.69) is 21.1 Å². The first-order valence-electron chi connectivity index (χ1n) is 9.23.